The highest BCUT2D eigenvalue weighted by Gasteiger charge is 2.28. The van der Waals surface area contributed by atoms with Crippen LogP contribution in [0, 0.1) is 0 Å². The molecule has 1 aromatic heterocycles. The molecule has 8 nitrogen and oxygen atoms in total. The van der Waals surface area contributed by atoms with E-state index in [4.69, 9.17) is 10.5 Å². The van der Waals surface area contributed by atoms with Gasteiger partial charge in [0.05, 0.1) is 23.8 Å². The minimum Gasteiger partial charge on any atom is -0.391 e. The number of aromatic nitrogens is 2. The van der Waals surface area contributed by atoms with Gasteiger partial charge in [0, 0.05) is 18.8 Å². The smallest absolute Gasteiger partial charge is 0.254 e. The Morgan fingerprint density at radius 3 is 2.88 bits per heavy atom. The van der Waals surface area contributed by atoms with Gasteiger partial charge in [0.25, 0.3) is 5.91 Å². The zero-order chi connectivity index (χ0) is 17.8. The van der Waals surface area contributed by atoms with E-state index in [-0.39, 0.29) is 23.8 Å². The number of primary amides is 1. The molecule has 1 amide bonds. The maximum atomic E-state index is 11.7. The van der Waals surface area contributed by atoms with E-state index < -0.39 is 12.0 Å². The summed E-state index contributed by atoms with van der Waals surface area (Å²) in [5, 5.41) is 16.5. The van der Waals surface area contributed by atoms with E-state index in [0.717, 1.165) is 45.1 Å². The highest BCUT2D eigenvalue weighted by Crippen LogP contribution is 2.27. The summed E-state index contributed by atoms with van der Waals surface area (Å²) >= 11 is 0. The molecule has 8 heteroatoms. The van der Waals surface area contributed by atoms with Crippen LogP contribution in [0.1, 0.15) is 55.8 Å². The molecular weight excluding hydrogens is 322 g/mol. The van der Waals surface area contributed by atoms with Crippen molar-refractivity contribution < 1.29 is 14.6 Å². The summed E-state index contributed by atoms with van der Waals surface area (Å²) in [6, 6.07) is 0.135. The SMILES string of the molecule is CCO[C@@H]1CC[C@@H](Nc2ncc(C(N)=O)c(NC3CCC[C@@H]3O)n2)C1. The first-order chi connectivity index (χ1) is 12.1. The Bertz CT molecular complexity index is 612. The summed E-state index contributed by atoms with van der Waals surface area (Å²) in [5.74, 6) is 0.260. The molecule has 0 spiro atoms. The van der Waals surface area contributed by atoms with Gasteiger partial charge in [-0.3, -0.25) is 4.79 Å². The second-order valence-electron chi connectivity index (χ2n) is 6.80. The van der Waals surface area contributed by atoms with Crippen molar-refractivity contribution >= 4 is 17.7 Å². The maximum Gasteiger partial charge on any atom is 0.254 e. The van der Waals surface area contributed by atoms with Crippen LogP contribution >= 0.6 is 0 Å². The van der Waals surface area contributed by atoms with Gasteiger partial charge in [0.2, 0.25) is 5.95 Å². The van der Waals surface area contributed by atoms with E-state index in [1.54, 1.807) is 0 Å². The summed E-state index contributed by atoms with van der Waals surface area (Å²) in [6.45, 7) is 2.72. The van der Waals surface area contributed by atoms with E-state index in [2.05, 4.69) is 20.6 Å². The summed E-state index contributed by atoms with van der Waals surface area (Å²) in [6.07, 6.45) is 6.75. The summed E-state index contributed by atoms with van der Waals surface area (Å²) in [5.41, 5.74) is 5.67. The number of nitrogens with zero attached hydrogens (tertiary/aromatic N) is 2. The molecule has 1 heterocycles. The number of carbonyl (C=O) groups excluding carboxylic acids is 1. The summed E-state index contributed by atoms with van der Waals surface area (Å²) in [4.78, 5) is 20.3. The van der Waals surface area contributed by atoms with Crippen molar-refractivity contribution in [1.29, 1.82) is 0 Å². The number of amides is 1. The van der Waals surface area contributed by atoms with Crippen LogP contribution in [0.2, 0.25) is 0 Å². The van der Waals surface area contributed by atoms with Gasteiger partial charge in [0.1, 0.15) is 5.82 Å². The Hall–Kier alpha value is -1.93. The Kier molecular flexibility index (Phi) is 5.70. The molecule has 2 fully saturated rings. The van der Waals surface area contributed by atoms with Crippen LogP contribution in [-0.4, -0.2) is 51.9 Å². The fourth-order valence-electron chi connectivity index (χ4n) is 3.67. The lowest BCUT2D eigenvalue weighted by Crippen LogP contribution is -2.30. The van der Waals surface area contributed by atoms with Crippen molar-refractivity contribution in [3.8, 4) is 0 Å². The molecule has 1 unspecified atom stereocenters. The Morgan fingerprint density at radius 1 is 1.36 bits per heavy atom. The second kappa shape index (κ2) is 7.97. The monoisotopic (exact) mass is 349 g/mol. The highest BCUT2D eigenvalue weighted by molar-refractivity contribution is 5.97. The molecule has 2 aliphatic rings. The molecule has 138 valence electrons. The topological polar surface area (TPSA) is 122 Å². The van der Waals surface area contributed by atoms with Crippen molar-refractivity contribution in [3.05, 3.63) is 11.8 Å². The molecule has 2 aliphatic carbocycles. The summed E-state index contributed by atoms with van der Waals surface area (Å²) < 4.78 is 5.66. The van der Waals surface area contributed by atoms with Crippen LogP contribution in [-0.2, 0) is 4.74 Å². The van der Waals surface area contributed by atoms with Crippen LogP contribution in [0.3, 0.4) is 0 Å². The number of rotatable bonds is 7. The van der Waals surface area contributed by atoms with Crippen LogP contribution in [0.4, 0.5) is 11.8 Å². The third-order valence-electron chi connectivity index (χ3n) is 4.98. The van der Waals surface area contributed by atoms with E-state index in [1.807, 2.05) is 6.92 Å². The Balaban J connectivity index is 1.70. The fourth-order valence-corrected chi connectivity index (χ4v) is 3.67. The van der Waals surface area contributed by atoms with Gasteiger partial charge in [-0.25, -0.2) is 4.98 Å². The molecule has 0 radical (unpaired) electrons. The molecule has 2 saturated carbocycles. The van der Waals surface area contributed by atoms with Crippen LogP contribution in [0.25, 0.3) is 0 Å². The third-order valence-corrected chi connectivity index (χ3v) is 4.98. The average Bonchev–Trinajstić information content (AvgIpc) is 3.17. The van der Waals surface area contributed by atoms with Crippen molar-refractivity contribution in [2.24, 2.45) is 5.73 Å². The average molecular weight is 349 g/mol. The lowest BCUT2D eigenvalue weighted by Gasteiger charge is -2.20. The predicted molar refractivity (Wildman–Crippen MR) is 94.5 cm³/mol. The minimum absolute atomic E-state index is 0.116. The van der Waals surface area contributed by atoms with Crippen LogP contribution < -0.4 is 16.4 Å². The zero-order valence-corrected chi connectivity index (χ0v) is 14.6. The van der Waals surface area contributed by atoms with Gasteiger partial charge >= 0.3 is 0 Å². The first kappa shape index (κ1) is 17.9. The van der Waals surface area contributed by atoms with Crippen molar-refractivity contribution in [3.63, 3.8) is 0 Å². The molecule has 0 aliphatic heterocycles. The number of aliphatic hydroxyl groups excluding tert-OH is 1. The zero-order valence-electron chi connectivity index (χ0n) is 14.6. The first-order valence-electron chi connectivity index (χ1n) is 9.06. The van der Waals surface area contributed by atoms with Gasteiger partial charge in [-0.05, 0) is 45.4 Å². The van der Waals surface area contributed by atoms with Crippen molar-refractivity contribution in [1.82, 2.24) is 9.97 Å². The molecule has 0 saturated heterocycles. The van der Waals surface area contributed by atoms with Gasteiger partial charge in [-0.1, -0.05) is 0 Å². The number of nitrogens with one attached hydrogen (secondary N) is 2. The quantitative estimate of drug-likeness (QED) is 0.584. The van der Waals surface area contributed by atoms with E-state index in [0.29, 0.717) is 11.8 Å². The molecule has 3 rings (SSSR count). The lowest BCUT2D eigenvalue weighted by molar-refractivity contribution is 0.0679. The Morgan fingerprint density at radius 2 is 2.20 bits per heavy atom. The van der Waals surface area contributed by atoms with E-state index in [9.17, 15) is 9.90 Å². The van der Waals surface area contributed by atoms with Gasteiger partial charge in [0.15, 0.2) is 0 Å². The minimum atomic E-state index is -0.584. The third kappa shape index (κ3) is 4.38. The van der Waals surface area contributed by atoms with Crippen molar-refractivity contribution in [2.45, 2.75) is 69.7 Å². The molecule has 0 aromatic carbocycles. The van der Waals surface area contributed by atoms with Gasteiger partial charge in [-0.15, -0.1) is 0 Å². The normalized spacial score (nSPS) is 28.9. The van der Waals surface area contributed by atoms with Crippen LogP contribution in [0.15, 0.2) is 6.20 Å². The van der Waals surface area contributed by atoms with Crippen molar-refractivity contribution in [2.75, 3.05) is 17.2 Å². The fraction of sp³-hybridized carbons (Fsp3) is 0.706. The highest BCUT2D eigenvalue weighted by atomic mass is 16.5. The number of nitrogens with two attached hydrogens (primary N) is 1. The predicted octanol–water partition coefficient (Wildman–Crippen LogP) is 1.27. The lowest BCUT2D eigenvalue weighted by atomic mass is 10.2. The second-order valence-corrected chi connectivity index (χ2v) is 6.80. The molecule has 5 N–H and O–H groups in total. The number of hydrogen-bond acceptors (Lipinski definition) is 7. The number of hydrogen-bond donors (Lipinski definition) is 4. The molecule has 0 bridgehead atoms. The number of carbonyl (C=O) groups is 1. The number of ether oxygens (including phenoxy) is 1. The molecular formula is C17H27N5O3. The van der Waals surface area contributed by atoms with Gasteiger partial charge < -0.3 is 26.2 Å². The molecule has 25 heavy (non-hydrogen) atoms. The molecule has 1 aromatic rings. The standard InChI is InChI=1S/C17H27N5O3/c1-2-25-11-7-6-10(8-11)20-17-19-9-12(15(18)24)16(22-17)21-13-4-3-5-14(13)23/h9-11,13-14,23H,2-8H2,1H3,(H2,18,24)(H2,19,20,21,22)/t10-,11-,13?,14+/m1/s1. The van der Waals surface area contributed by atoms with Crippen LogP contribution in [0.5, 0.6) is 0 Å². The molecule has 4 atom stereocenters. The number of anilines is 2. The largest absolute Gasteiger partial charge is 0.391 e. The van der Waals surface area contributed by atoms with E-state index in [1.165, 1.54) is 6.20 Å². The first-order valence-corrected chi connectivity index (χ1v) is 9.06. The number of aliphatic hydroxyl groups is 1. The maximum absolute atomic E-state index is 11.7. The van der Waals surface area contributed by atoms with Gasteiger partial charge in [-0.2, -0.15) is 4.98 Å². The summed E-state index contributed by atoms with van der Waals surface area (Å²) in [7, 11) is 0. The van der Waals surface area contributed by atoms with E-state index >= 15 is 0 Å². The Labute approximate surface area is 147 Å².